The van der Waals surface area contributed by atoms with E-state index in [1.807, 2.05) is 45.2 Å². The number of rotatable bonds is 6. The first-order chi connectivity index (χ1) is 8.38. The van der Waals surface area contributed by atoms with Crippen LogP contribution < -0.4 is 15.4 Å². The highest BCUT2D eigenvalue weighted by Gasteiger charge is 2.22. The molecule has 100 valence electrons. The summed E-state index contributed by atoms with van der Waals surface area (Å²) in [4.78, 5) is 2.13. The molecule has 0 aliphatic rings. The van der Waals surface area contributed by atoms with Crippen LogP contribution in [0.25, 0.3) is 0 Å². The van der Waals surface area contributed by atoms with Crippen molar-refractivity contribution in [2.75, 3.05) is 25.6 Å². The molecule has 0 bridgehead atoms. The number of hydrogen-bond donors (Lipinski definition) is 2. The van der Waals surface area contributed by atoms with Crippen LogP contribution in [0.15, 0.2) is 24.3 Å². The first kappa shape index (κ1) is 14.4. The van der Waals surface area contributed by atoms with E-state index in [-0.39, 0.29) is 11.3 Å². The van der Waals surface area contributed by atoms with Gasteiger partial charge in [0.25, 0.3) is 0 Å². The van der Waals surface area contributed by atoms with E-state index < -0.39 is 0 Å². The largest absolute Gasteiger partial charge is 0.495 e. The Morgan fingerprint density at radius 3 is 2.56 bits per heavy atom. The Bertz CT molecular complexity index is 415. The molecule has 4 heteroatoms. The molecule has 1 rings (SSSR count). The van der Waals surface area contributed by atoms with Crippen molar-refractivity contribution in [2.24, 2.45) is 11.1 Å². The number of amidine groups is 1. The monoisotopic (exact) mass is 249 g/mol. The predicted molar refractivity (Wildman–Crippen MR) is 76.6 cm³/mol. The van der Waals surface area contributed by atoms with E-state index in [2.05, 4.69) is 4.90 Å². The highest BCUT2D eigenvalue weighted by atomic mass is 16.5. The molecule has 3 N–H and O–H groups in total. The average Bonchev–Trinajstić information content (AvgIpc) is 2.35. The van der Waals surface area contributed by atoms with Crippen molar-refractivity contribution in [3.63, 3.8) is 0 Å². The summed E-state index contributed by atoms with van der Waals surface area (Å²) >= 11 is 0. The van der Waals surface area contributed by atoms with E-state index in [1.165, 1.54) is 0 Å². The fourth-order valence-corrected chi connectivity index (χ4v) is 1.65. The molecule has 0 radical (unpaired) electrons. The summed E-state index contributed by atoms with van der Waals surface area (Å²) in [6.45, 7) is 4.81. The van der Waals surface area contributed by atoms with Crippen LogP contribution in [-0.4, -0.2) is 26.5 Å². The number of methoxy groups -OCH3 is 1. The summed E-state index contributed by atoms with van der Waals surface area (Å²) < 4.78 is 5.34. The molecule has 0 aliphatic heterocycles. The predicted octanol–water partition coefficient (Wildman–Crippen LogP) is 2.48. The molecule has 0 aliphatic carbocycles. The van der Waals surface area contributed by atoms with Crippen LogP contribution in [0.4, 0.5) is 5.69 Å². The van der Waals surface area contributed by atoms with Gasteiger partial charge >= 0.3 is 0 Å². The summed E-state index contributed by atoms with van der Waals surface area (Å²) in [5, 5.41) is 7.56. The minimum Gasteiger partial charge on any atom is -0.495 e. The van der Waals surface area contributed by atoms with Crippen molar-refractivity contribution in [1.82, 2.24) is 0 Å². The number of anilines is 1. The lowest BCUT2D eigenvalue weighted by molar-refractivity contribution is 0.413. The Morgan fingerprint density at radius 1 is 1.39 bits per heavy atom. The summed E-state index contributed by atoms with van der Waals surface area (Å²) in [6, 6.07) is 7.92. The first-order valence-electron chi connectivity index (χ1n) is 6.07. The van der Waals surface area contributed by atoms with Crippen molar-refractivity contribution in [3.8, 4) is 5.75 Å². The van der Waals surface area contributed by atoms with Gasteiger partial charge in [-0.15, -0.1) is 0 Å². The van der Waals surface area contributed by atoms with Gasteiger partial charge in [-0.1, -0.05) is 26.0 Å². The molecular formula is C14H23N3O. The lowest BCUT2D eigenvalue weighted by Gasteiger charge is -2.28. The van der Waals surface area contributed by atoms with Gasteiger partial charge in [-0.05, 0) is 18.6 Å². The third-order valence-corrected chi connectivity index (χ3v) is 3.30. The lowest BCUT2D eigenvalue weighted by atomic mass is 9.88. The first-order valence-corrected chi connectivity index (χ1v) is 6.07. The number of nitrogens with one attached hydrogen (secondary N) is 1. The number of nitrogens with zero attached hydrogens (tertiary/aromatic N) is 1. The average molecular weight is 249 g/mol. The van der Waals surface area contributed by atoms with Crippen LogP contribution >= 0.6 is 0 Å². The quantitative estimate of drug-likeness (QED) is 0.601. The zero-order valence-electron chi connectivity index (χ0n) is 11.7. The number of benzene rings is 1. The van der Waals surface area contributed by atoms with E-state index in [0.717, 1.165) is 24.4 Å². The molecule has 1 aromatic carbocycles. The van der Waals surface area contributed by atoms with E-state index in [1.54, 1.807) is 7.11 Å². The molecule has 0 saturated carbocycles. The van der Waals surface area contributed by atoms with Crippen LogP contribution in [-0.2, 0) is 0 Å². The number of hydrogen-bond acceptors (Lipinski definition) is 3. The van der Waals surface area contributed by atoms with Crippen molar-refractivity contribution in [1.29, 1.82) is 5.41 Å². The van der Waals surface area contributed by atoms with Gasteiger partial charge in [0, 0.05) is 19.0 Å². The van der Waals surface area contributed by atoms with Crippen molar-refractivity contribution < 1.29 is 4.74 Å². The van der Waals surface area contributed by atoms with E-state index >= 15 is 0 Å². The second-order valence-electron chi connectivity index (χ2n) is 5.14. The maximum Gasteiger partial charge on any atom is 0.142 e. The topological polar surface area (TPSA) is 62.3 Å². The molecule has 0 heterocycles. The fraction of sp³-hybridized carbons (Fsp3) is 0.500. The van der Waals surface area contributed by atoms with Crippen LogP contribution in [0, 0.1) is 10.8 Å². The van der Waals surface area contributed by atoms with E-state index in [4.69, 9.17) is 15.9 Å². The number of nitrogens with two attached hydrogens (primary N) is 1. The standard InChI is InChI=1S/C14H23N3O/c1-14(2,13(15)16)9-10-17(3)11-7-5-6-8-12(11)18-4/h5-8H,9-10H2,1-4H3,(H3,15,16). The van der Waals surface area contributed by atoms with Crippen molar-refractivity contribution in [3.05, 3.63) is 24.3 Å². The van der Waals surface area contributed by atoms with Crippen LogP contribution in [0.1, 0.15) is 20.3 Å². The Kier molecular flexibility index (Phi) is 4.59. The molecule has 4 nitrogen and oxygen atoms in total. The zero-order valence-corrected chi connectivity index (χ0v) is 11.7. The summed E-state index contributed by atoms with van der Waals surface area (Å²) in [7, 11) is 3.69. The second-order valence-corrected chi connectivity index (χ2v) is 5.14. The Hall–Kier alpha value is -1.71. The highest BCUT2D eigenvalue weighted by molar-refractivity contribution is 5.82. The second kappa shape index (κ2) is 5.76. The third kappa shape index (κ3) is 3.39. The zero-order chi connectivity index (χ0) is 13.8. The van der Waals surface area contributed by atoms with Gasteiger partial charge in [0.1, 0.15) is 5.75 Å². The van der Waals surface area contributed by atoms with Gasteiger partial charge in [0.05, 0.1) is 18.6 Å². The van der Waals surface area contributed by atoms with Crippen LogP contribution in [0.3, 0.4) is 0 Å². The third-order valence-electron chi connectivity index (χ3n) is 3.30. The van der Waals surface area contributed by atoms with Crippen LogP contribution in [0.5, 0.6) is 5.75 Å². The molecular weight excluding hydrogens is 226 g/mol. The van der Waals surface area contributed by atoms with Crippen molar-refractivity contribution >= 4 is 11.5 Å². The molecule has 18 heavy (non-hydrogen) atoms. The smallest absolute Gasteiger partial charge is 0.142 e. The SMILES string of the molecule is COc1ccccc1N(C)CCC(C)(C)C(=N)N. The summed E-state index contributed by atoms with van der Waals surface area (Å²) in [5.74, 6) is 1.09. The van der Waals surface area contributed by atoms with E-state index in [0.29, 0.717) is 0 Å². The van der Waals surface area contributed by atoms with Gasteiger partial charge < -0.3 is 15.4 Å². The summed E-state index contributed by atoms with van der Waals surface area (Å²) in [6.07, 6.45) is 0.830. The molecule has 0 fully saturated rings. The minimum absolute atomic E-state index is 0.232. The maximum absolute atomic E-state index is 7.56. The molecule has 0 unspecified atom stereocenters. The van der Waals surface area contributed by atoms with Gasteiger partial charge in [-0.25, -0.2) is 0 Å². The number of ether oxygens (including phenoxy) is 1. The van der Waals surface area contributed by atoms with Gasteiger partial charge in [-0.3, -0.25) is 5.41 Å². The van der Waals surface area contributed by atoms with Gasteiger partial charge in [0.2, 0.25) is 0 Å². The Labute approximate surface area is 109 Å². The van der Waals surface area contributed by atoms with Gasteiger partial charge in [-0.2, -0.15) is 0 Å². The van der Waals surface area contributed by atoms with Gasteiger partial charge in [0.15, 0.2) is 0 Å². The van der Waals surface area contributed by atoms with Crippen LogP contribution in [0.2, 0.25) is 0 Å². The summed E-state index contributed by atoms with van der Waals surface area (Å²) in [5.41, 5.74) is 6.38. The van der Waals surface area contributed by atoms with Crippen molar-refractivity contribution in [2.45, 2.75) is 20.3 Å². The molecule has 1 aromatic rings. The minimum atomic E-state index is -0.268. The normalized spacial score (nSPS) is 11.1. The molecule has 0 saturated heterocycles. The highest BCUT2D eigenvalue weighted by Crippen LogP contribution is 2.28. The maximum atomic E-state index is 7.56. The molecule has 0 atom stereocenters. The molecule has 0 aromatic heterocycles. The van der Waals surface area contributed by atoms with E-state index in [9.17, 15) is 0 Å². The Balaban J connectivity index is 2.71. The Morgan fingerprint density at radius 2 is 2.00 bits per heavy atom. The molecule has 0 spiro atoms. The molecule has 0 amide bonds. The lowest BCUT2D eigenvalue weighted by Crippen LogP contribution is -2.34. The number of para-hydroxylation sites is 2. The fourth-order valence-electron chi connectivity index (χ4n) is 1.65.